The van der Waals surface area contributed by atoms with Gasteiger partial charge in [0.2, 0.25) is 0 Å². The molecule has 4 aliphatic rings. The van der Waals surface area contributed by atoms with Gasteiger partial charge in [-0.1, -0.05) is 12.2 Å². The molecule has 2 bridgehead atoms. The van der Waals surface area contributed by atoms with Crippen molar-refractivity contribution < 1.29 is 19.8 Å². The summed E-state index contributed by atoms with van der Waals surface area (Å²) in [4.78, 5) is 22.3. The average molecular weight is 208 g/mol. The molecule has 4 nitrogen and oxygen atoms in total. The molecule has 2 saturated carbocycles. The van der Waals surface area contributed by atoms with Crippen molar-refractivity contribution in [3.63, 3.8) is 0 Å². The zero-order valence-electron chi connectivity index (χ0n) is 8.04. The predicted octanol–water partition coefficient (Wildman–Crippen LogP) is 0.840. The Bertz CT molecular complexity index is 339. The molecule has 0 amide bonds. The van der Waals surface area contributed by atoms with E-state index in [1.807, 2.05) is 12.2 Å². The maximum Gasteiger partial charge on any atom is 0.308 e. The van der Waals surface area contributed by atoms with Crippen molar-refractivity contribution in [2.24, 2.45) is 35.5 Å². The molecule has 0 radical (unpaired) electrons. The second-order valence-electron chi connectivity index (χ2n) is 4.83. The number of carbonyl (C=O) groups is 2. The average Bonchev–Trinajstić information content (AvgIpc) is 2.96. The molecule has 15 heavy (non-hydrogen) atoms. The van der Waals surface area contributed by atoms with Crippen LogP contribution >= 0.6 is 0 Å². The highest BCUT2D eigenvalue weighted by molar-refractivity contribution is 5.82. The van der Waals surface area contributed by atoms with Gasteiger partial charge in [0.15, 0.2) is 0 Å². The molecule has 4 heteroatoms. The molecule has 2 N–H and O–H groups in total. The van der Waals surface area contributed by atoms with E-state index in [0.29, 0.717) is 11.8 Å². The van der Waals surface area contributed by atoms with Crippen LogP contribution in [0.2, 0.25) is 0 Å². The van der Waals surface area contributed by atoms with Gasteiger partial charge >= 0.3 is 11.9 Å². The molecule has 0 aliphatic heterocycles. The highest BCUT2D eigenvalue weighted by atomic mass is 16.4. The van der Waals surface area contributed by atoms with Gasteiger partial charge in [-0.2, -0.15) is 0 Å². The minimum Gasteiger partial charge on any atom is -0.481 e. The van der Waals surface area contributed by atoms with Crippen LogP contribution < -0.4 is 0 Å². The molecule has 80 valence electrons. The topological polar surface area (TPSA) is 74.6 Å². The van der Waals surface area contributed by atoms with E-state index >= 15 is 0 Å². The first-order chi connectivity index (χ1) is 7.11. The maximum atomic E-state index is 11.1. The number of fused-ring (bicyclic) bond motifs is 1. The molecule has 4 aliphatic carbocycles. The van der Waals surface area contributed by atoms with Crippen LogP contribution in [0.15, 0.2) is 12.2 Å². The van der Waals surface area contributed by atoms with Crippen molar-refractivity contribution in [3.05, 3.63) is 12.2 Å². The lowest BCUT2D eigenvalue weighted by Crippen LogP contribution is -2.46. The van der Waals surface area contributed by atoms with Gasteiger partial charge in [-0.15, -0.1) is 0 Å². The van der Waals surface area contributed by atoms with E-state index in [4.69, 9.17) is 10.2 Å². The van der Waals surface area contributed by atoms with Crippen LogP contribution in [0.25, 0.3) is 0 Å². The normalized spacial score (nSPS) is 49.9. The van der Waals surface area contributed by atoms with Gasteiger partial charge in [-0.25, -0.2) is 0 Å². The highest BCUT2D eigenvalue weighted by Gasteiger charge is 2.63. The molecule has 0 heterocycles. The molecule has 0 spiro atoms. The number of allylic oxidation sites excluding steroid dienone is 2. The summed E-state index contributed by atoms with van der Waals surface area (Å²) in [5.41, 5.74) is 0. The third kappa shape index (κ3) is 1.02. The molecule has 6 atom stereocenters. The second-order valence-corrected chi connectivity index (χ2v) is 4.83. The molecular weight excluding hydrogens is 196 g/mol. The second kappa shape index (κ2) is 2.62. The van der Waals surface area contributed by atoms with Crippen LogP contribution in [0, 0.1) is 35.5 Å². The number of carboxylic acids is 2. The number of aliphatic carboxylic acids is 2. The summed E-state index contributed by atoms with van der Waals surface area (Å²) >= 11 is 0. The molecule has 4 rings (SSSR count). The number of hydrogen-bond acceptors (Lipinski definition) is 2. The lowest BCUT2D eigenvalue weighted by Gasteiger charge is -2.40. The zero-order valence-corrected chi connectivity index (χ0v) is 8.04. The third-order valence-electron chi connectivity index (χ3n) is 4.22. The molecule has 2 unspecified atom stereocenters. The van der Waals surface area contributed by atoms with Crippen molar-refractivity contribution in [2.45, 2.75) is 6.42 Å². The lowest BCUT2D eigenvalue weighted by molar-refractivity contribution is -0.160. The van der Waals surface area contributed by atoms with Gasteiger partial charge in [-0.3, -0.25) is 9.59 Å². The summed E-state index contributed by atoms with van der Waals surface area (Å²) in [6.07, 6.45) is 4.87. The van der Waals surface area contributed by atoms with Crippen LogP contribution in [0.3, 0.4) is 0 Å². The van der Waals surface area contributed by atoms with Crippen molar-refractivity contribution in [1.29, 1.82) is 0 Å². The Balaban J connectivity index is 2.02. The van der Waals surface area contributed by atoms with E-state index in [9.17, 15) is 9.59 Å². The molecule has 0 aromatic rings. The number of rotatable bonds is 2. The van der Waals surface area contributed by atoms with E-state index in [0.717, 1.165) is 6.42 Å². The van der Waals surface area contributed by atoms with E-state index in [1.165, 1.54) is 0 Å². The largest absolute Gasteiger partial charge is 0.481 e. The van der Waals surface area contributed by atoms with Gasteiger partial charge in [0.05, 0.1) is 11.8 Å². The van der Waals surface area contributed by atoms with Gasteiger partial charge in [0, 0.05) is 0 Å². The third-order valence-corrected chi connectivity index (χ3v) is 4.22. The summed E-state index contributed by atoms with van der Waals surface area (Å²) in [7, 11) is 0. The standard InChI is InChI=1S/C11H12O4/c12-10(13)8-4-1-2-5(7-3-6(4)7)9(8)11(14)15/h1-2,4-9H,3H2,(H,12,13)(H,14,15)/t4-,5+,6?,7?,8-,9+. The lowest BCUT2D eigenvalue weighted by atomic mass is 9.62. The Morgan fingerprint density at radius 1 is 0.933 bits per heavy atom. The van der Waals surface area contributed by atoms with E-state index < -0.39 is 23.8 Å². The van der Waals surface area contributed by atoms with Gasteiger partial charge in [0.25, 0.3) is 0 Å². The minimum atomic E-state index is -0.952. The highest BCUT2D eigenvalue weighted by Crippen LogP contribution is 2.63. The smallest absolute Gasteiger partial charge is 0.308 e. The monoisotopic (exact) mass is 208 g/mol. The Labute approximate surface area is 86.6 Å². The maximum absolute atomic E-state index is 11.1. The van der Waals surface area contributed by atoms with Crippen molar-refractivity contribution in [2.75, 3.05) is 0 Å². The Morgan fingerprint density at radius 3 is 1.67 bits per heavy atom. The molecular formula is C11H12O4. The van der Waals surface area contributed by atoms with Crippen LogP contribution in [0.1, 0.15) is 6.42 Å². The minimum absolute atomic E-state index is 0.0430. The van der Waals surface area contributed by atoms with Gasteiger partial charge in [0.1, 0.15) is 0 Å². The molecule has 0 aromatic carbocycles. The van der Waals surface area contributed by atoms with Crippen LogP contribution in [0.5, 0.6) is 0 Å². The molecule has 0 saturated heterocycles. The fourth-order valence-electron chi connectivity index (χ4n) is 3.55. The van der Waals surface area contributed by atoms with Gasteiger partial charge < -0.3 is 10.2 Å². The van der Waals surface area contributed by atoms with E-state index in [2.05, 4.69) is 0 Å². The summed E-state index contributed by atoms with van der Waals surface area (Å²) in [5.74, 6) is -2.52. The van der Waals surface area contributed by atoms with Crippen LogP contribution in [-0.4, -0.2) is 22.2 Å². The SMILES string of the molecule is O=C(O)[C@@H]1[C@H](C(=O)O)[C@@H]2C=C[C@H]1C1CC12. The molecule has 2 fully saturated rings. The van der Waals surface area contributed by atoms with Gasteiger partial charge in [-0.05, 0) is 30.1 Å². The first-order valence-electron chi connectivity index (χ1n) is 5.25. The van der Waals surface area contributed by atoms with E-state index in [1.54, 1.807) is 0 Å². The number of hydrogen-bond donors (Lipinski definition) is 2. The summed E-state index contributed by atoms with van der Waals surface area (Å²) in [6.45, 7) is 0. The summed E-state index contributed by atoms with van der Waals surface area (Å²) in [6, 6.07) is 0. The van der Waals surface area contributed by atoms with Crippen molar-refractivity contribution in [3.8, 4) is 0 Å². The van der Waals surface area contributed by atoms with Crippen LogP contribution in [0.4, 0.5) is 0 Å². The Morgan fingerprint density at radius 2 is 1.33 bits per heavy atom. The van der Waals surface area contributed by atoms with E-state index in [-0.39, 0.29) is 11.8 Å². The predicted molar refractivity (Wildman–Crippen MR) is 50.0 cm³/mol. The summed E-state index contributed by atoms with van der Waals surface area (Å²) < 4.78 is 0. The first kappa shape index (κ1) is 8.95. The quantitative estimate of drug-likeness (QED) is 0.659. The fraction of sp³-hybridized carbons (Fsp3) is 0.636. The fourth-order valence-corrected chi connectivity index (χ4v) is 3.55. The number of carboxylic acid groups (broad SMARTS) is 2. The van der Waals surface area contributed by atoms with Crippen molar-refractivity contribution >= 4 is 11.9 Å². The van der Waals surface area contributed by atoms with Crippen molar-refractivity contribution in [1.82, 2.24) is 0 Å². The Hall–Kier alpha value is -1.32. The van der Waals surface area contributed by atoms with Crippen LogP contribution in [-0.2, 0) is 9.59 Å². The summed E-state index contributed by atoms with van der Waals surface area (Å²) in [5, 5.41) is 18.2. The first-order valence-corrected chi connectivity index (χ1v) is 5.25. The Kier molecular flexibility index (Phi) is 1.56. The molecule has 0 aromatic heterocycles. The zero-order chi connectivity index (χ0) is 10.7.